The lowest BCUT2D eigenvalue weighted by molar-refractivity contribution is -0.123. The van der Waals surface area contributed by atoms with Crippen LogP contribution in [0.4, 0.5) is 0 Å². The monoisotopic (exact) mass is 170 g/mol. The highest BCUT2D eigenvalue weighted by molar-refractivity contribution is 5.82. The van der Waals surface area contributed by atoms with Gasteiger partial charge in [0.2, 0.25) is 5.91 Å². The van der Waals surface area contributed by atoms with E-state index in [-0.39, 0.29) is 11.9 Å². The number of carbonyl (C=O) groups excluding carboxylic acids is 1. The van der Waals surface area contributed by atoms with Gasteiger partial charge in [0.1, 0.15) is 0 Å². The number of nitrogens with one attached hydrogen (secondary N) is 2. The van der Waals surface area contributed by atoms with E-state index in [1.807, 2.05) is 6.92 Å². The molecule has 1 aliphatic heterocycles. The first-order chi connectivity index (χ1) is 5.74. The van der Waals surface area contributed by atoms with Gasteiger partial charge in [-0.05, 0) is 32.7 Å². The van der Waals surface area contributed by atoms with Crippen LogP contribution in [0.15, 0.2) is 0 Å². The normalized spacial score (nSPS) is 25.3. The van der Waals surface area contributed by atoms with E-state index in [2.05, 4.69) is 17.6 Å². The minimum atomic E-state index is 0.0685. The molecule has 3 nitrogen and oxygen atoms in total. The van der Waals surface area contributed by atoms with Crippen LogP contribution in [0.5, 0.6) is 0 Å². The minimum Gasteiger partial charge on any atom is -0.352 e. The van der Waals surface area contributed by atoms with Gasteiger partial charge in [0, 0.05) is 6.04 Å². The first-order valence-electron chi connectivity index (χ1n) is 4.77. The molecule has 0 spiro atoms. The molecule has 3 heteroatoms. The Hall–Kier alpha value is -0.570. The Bertz CT molecular complexity index is 153. The van der Waals surface area contributed by atoms with Crippen molar-refractivity contribution < 1.29 is 4.79 Å². The summed E-state index contributed by atoms with van der Waals surface area (Å²) in [5.74, 6) is 0.168. The maximum Gasteiger partial charge on any atom is 0.237 e. The molecule has 0 radical (unpaired) electrons. The van der Waals surface area contributed by atoms with E-state index in [0.717, 1.165) is 25.8 Å². The van der Waals surface area contributed by atoms with Gasteiger partial charge < -0.3 is 10.6 Å². The largest absolute Gasteiger partial charge is 0.352 e. The second-order valence-corrected chi connectivity index (χ2v) is 3.47. The van der Waals surface area contributed by atoms with Crippen LogP contribution in [0.3, 0.4) is 0 Å². The molecular weight excluding hydrogens is 152 g/mol. The second kappa shape index (κ2) is 4.45. The van der Waals surface area contributed by atoms with Crippen LogP contribution in [0, 0.1) is 0 Å². The maximum atomic E-state index is 11.4. The molecule has 12 heavy (non-hydrogen) atoms. The molecule has 1 amide bonds. The van der Waals surface area contributed by atoms with Crippen LogP contribution in [-0.4, -0.2) is 24.5 Å². The minimum absolute atomic E-state index is 0.0685. The Labute approximate surface area is 73.9 Å². The van der Waals surface area contributed by atoms with E-state index in [4.69, 9.17) is 0 Å². The zero-order chi connectivity index (χ0) is 8.97. The zero-order valence-electron chi connectivity index (χ0n) is 7.89. The average Bonchev–Trinajstić information content (AvgIpc) is 2.56. The van der Waals surface area contributed by atoms with E-state index in [1.165, 1.54) is 0 Å². The summed E-state index contributed by atoms with van der Waals surface area (Å²) < 4.78 is 0. The van der Waals surface area contributed by atoms with Gasteiger partial charge in [-0.15, -0.1) is 0 Å². The highest BCUT2D eigenvalue weighted by Gasteiger charge is 2.22. The molecule has 1 unspecified atom stereocenters. The molecule has 2 atom stereocenters. The molecule has 0 bridgehead atoms. The van der Waals surface area contributed by atoms with Crippen LogP contribution in [0.2, 0.25) is 0 Å². The van der Waals surface area contributed by atoms with E-state index < -0.39 is 0 Å². The zero-order valence-corrected chi connectivity index (χ0v) is 7.89. The van der Waals surface area contributed by atoms with Crippen molar-refractivity contribution in [2.24, 2.45) is 0 Å². The highest BCUT2D eigenvalue weighted by atomic mass is 16.2. The first-order valence-corrected chi connectivity index (χ1v) is 4.77. The summed E-state index contributed by atoms with van der Waals surface area (Å²) in [4.78, 5) is 11.4. The Morgan fingerprint density at radius 1 is 1.75 bits per heavy atom. The molecule has 1 aliphatic rings. The number of hydrogen-bond acceptors (Lipinski definition) is 2. The SMILES string of the molecule is CCC(C)NC(=O)[C@@H]1CCCN1. The van der Waals surface area contributed by atoms with Gasteiger partial charge in [-0.3, -0.25) is 4.79 Å². The standard InChI is InChI=1S/C9H18N2O/c1-3-7(2)11-9(12)8-5-4-6-10-8/h7-8,10H,3-6H2,1-2H3,(H,11,12)/t7?,8-/m0/s1. The molecule has 1 saturated heterocycles. The predicted molar refractivity (Wildman–Crippen MR) is 48.9 cm³/mol. The highest BCUT2D eigenvalue weighted by Crippen LogP contribution is 2.05. The lowest BCUT2D eigenvalue weighted by Crippen LogP contribution is -2.43. The smallest absolute Gasteiger partial charge is 0.237 e. The third kappa shape index (κ3) is 2.48. The second-order valence-electron chi connectivity index (χ2n) is 3.47. The number of carbonyl (C=O) groups is 1. The predicted octanol–water partition coefficient (Wildman–Crippen LogP) is 0.653. The summed E-state index contributed by atoms with van der Waals surface area (Å²) in [5, 5.41) is 6.14. The van der Waals surface area contributed by atoms with Crippen molar-refractivity contribution in [1.82, 2.24) is 10.6 Å². The molecular formula is C9H18N2O. The van der Waals surface area contributed by atoms with Crippen molar-refractivity contribution in [3.63, 3.8) is 0 Å². The molecule has 1 fully saturated rings. The Balaban J connectivity index is 2.27. The molecule has 0 aromatic heterocycles. The average molecular weight is 170 g/mol. The van der Waals surface area contributed by atoms with Crippen molar-refractivity contribution >= 4 is 5.91 Å². The molecule has 1 rings (SSSR count). The van der Waals surface area contributed by atoms with Crippen LogP contribution < -0.4 is 10.6 Å². The number of hydrogen-bond donors (Lipinski definition) is 2. The van der Waals surface area contributed by atoms with E-state index in [0.29, 0.717) is 6.04 Å². The van der Waals surface area contributed by atoms with E-state index in [9.17, 15) is 4.79 Å². The fourth-order valence-electron chi connectivity index (χ4n) is 1.35. The van der Waals surface area contributed by atoms with Crippen LogP contribution in [0.25, 0.3) is 0 Å². The van der Waals surface area contributed by atoms with Crippen LogP contribution in [0.1, 0.15) is 33.1 Å². The lowest BCUT2D eigenvalue weighted by Gasteiger charge is -2.15. The lowest BCUT2D eigenvalue weighted by atomic mass is 10.2. The summed E-state index contributed by atoms with van der Waals surface area (Å²) in [7, 11) is 0. The number of rotatable bonds is 3. The van der Waals surface area contributed by atoms with Crippen LogP contribution in [-0.2, 0) is 4.79 Å². The third-order valence-electron chi connectivity index (χ3n) is 2.38. The van der Waals surface area contributed by atoms with Crippen molar-refractivity contribution in [2.45, 2.75) is 45.2 Å². The van der Waals surface area contributed by atoms with Crippen molar-refractivity contribution in [3.8, 4) is 0 Å². The van der Waals surface area contributed by atoms with Crippen LogP contribution >= 0.6 is 0 Å². The van der Waals surface area contributed by atoms with Gasteiger partial charge >= 0.3 is 0 Å². The number of amides is 1. The van der Waals surface area contributed by atoms with Gasteiger partial charge in [-0.1, -0.05) is 6.92 Å². The summed E-state index contributed by atoms with van der Waals surface area (Å²) in [6.07, 6.45) is 3.11. The molecule has 0 aliphatic carbocycles. The van der Waals surface area contributed by atoms with Crippen molar-refractivity contribution in [3.05, 3.63) is 0 Å². The molecule has 1 heterocycles. The molecule has 0 aromatic rings. The van der Waals surface area contributed by atoms with Crippen molar-refractivity contribution in [1.29, 1.82) is 0 Å². The summed E-state index contributed by atoms with van der Waals surface area (Å²) in [6, 6.07) is 0.374. The molecule has 2 N–H and O–H groups in total. The topological polar surface area (TPSA) is 41.1 Å². The fraction of sp³-hybridized carbons (Fsp3) is 0.889. The Morgan fingerprint density at radius 2 is 2.50 bits per heavy atom. The summed E-state index contributed by atoms with van der Waals surface area (Å²) >= 11 is 0. The summed E-state index contributed by atoms with van der Waals surface area (Å²) in [5.41, 5.74) is 0. The van der Waals surface area contributed by atoms with Gasteiger partial charge in [0.25, 0.3) is 0 Å². The molecule has 0 saturated carbocycles. The summed E-state index contributed by atoms with van der Waals surface area (Å²) in [6.45, 7) is 5.10. The maximum absolute atomic E-state index is 11.4. The van der Waals surface area contributed by atoms with Gasteiger partial charge in [0.15, 0.2) is 0 Å². The van der Waals surface area contributed by atoms with Gasteiger partial charge in [-0.2, -0.15) is 0 Å². The Morgan fingerprint density at radius 3 is 3.00 bits per heavy atom. The molecule has 70 valence electrons. The fourth-order valence-corrected chi connectivity index (χ4v) is 1.35. The quantitative estimate of drug-likeness (QED) is 0.653. The molecule has 0 aromatic carbocycles. The van der Waals surface area contributed by atoms with Gasteiger partial charge in [0.05, 0.1) is 6.04 Å². The Kier molecular flexibility index (Phi) is 3.53. The van der Waals surface area contributed by atoms with Gasteiger partial charge in [-0.25, -0.2) is 0 Å². The van der Waals surface area contributed by atoms with Crippen molar-refractivity contribution in [2.75, 3.05) is 6.54 Å². The van der Waals surface area contributed by atoms with E-state index in [1.54, 1.807) is 0 Å². The first kappa shape index (κ1) is 9.52. The van der Waals surface area contributed by atoms with E-state index >= 15 is 0 Å². The third-order valence-corrected chi connectivity index (χ3v) is 2.38.